The molecule has 50 heavy (non-hydrogen) atoms. The average Bonchev–Trinajstić information content (AvgIpc) is 3.06. The standard InChI is InChI=1S/C40H78NO8P/c1-6-8-10-12-14-16-18-19-20-21-23-25-27-29-31-33-40(43)49-38(37-48-50(44,45)47-35-34-41(3,4)5)36-46-39(42)32-30-28-26-24-22-17-15-13-11-9-7-2/h19-20,38H,6-18,21-37H2,1-5H3/p+1/t38-/m1/s1. The summed E-state index contributed by atoms with van der Waals surface area (Å²) >= 11 is 0. The van der Waals surface area contributed by atoms with Crippen molar-refractivity contribution in [1.29, 1.82) is 0 Å². The molecule has 0 fully saturated rings. The number of hydrogen-bond donors (Lipinski definition) is 1. The molecule has 0 spiro atoms. The van der Waals surface area contributed by atoms with Crippen molar-refractivity contribution in [1.82, 2.24) is 0 Å². The lowest BCUT2D eigenvalue weighted by molar-refractivity contribution is -0.870. The number of carbonyl (C=O) groups excluding carboxylic acids is 2. The lowest BCUT2D eigenvalue weighted by Gasteiger charge is -2.24. The molecule has 0 aromatic heterocycles. The van der Waals surface area contributed by atoms with Gasteiger partial charge in [-0.25, -0.2) is 4.57 Å². The van der Waals surface area contributed by atoms with E-state index in [1.54, 1.807) is 0 Å². The predicted octanol–water partition coefficient (Wildman–Crippen LogP) is 11.0. The molecule has 9 nitrogen and oxygen atoms in total. The van der Waals surface area contributed by atoms with Gasteiger partial charge >= 0.3 is 19.8 Å². The summed E-state index contributed by atoms with van der Waals surface area (Å²) in [6.45, 7) is 4.40. The van der Waals surface area contributed by atoms with Crippen LogP contribution in [-0.2, 0) is 32.7 Å². The molecular weight excluding hydrogens is 653 g/mol. The summed E-state index contributed by atoms with van der Waals surface area (Å²) in [7, 11) is 1.48. The number of esters is 2. The van der Waals surface area contributed by atoms with Crippen molar-refractivity contribution in [3.05, 3.63) is 12.2 Å². The molecule has 0 rings (SSSR count). The van der Waals surface area contributed by atoms with E-state index < -0.39 is 26.5 Å². The molecule has 296 valence electrons. The molecule has 0 aliphatic heterocycles. The van der Waals surface area contributed by atoms with Crippen molar-refractivity contribution in [2.45, 2.75) is 187 Å². The van der Waals surface area contributed by atoms with Crippen molar-refractivity contribution >= 4 is 19.8 Å². The van der Waals surface area contributed by atoms with E-state index in [4.69, 9.17) is 18.5 Å². The summed E-state index contributed by atoms with van der Waals surface area (Å²) in [5.41, 5.74) is 0. The van der Waals surface area contributed by atoms with Gasteiger partial charge in [-0.3, -0.25) is 18.6 Å². The number of phosphoric acid groups is 1. The topological polar surface area (TPSA) is 108 Å². The molecule has 0 aromatic rings. The van der Waals surface area contributed by atoms with E-state index in [-0.39, 0.29) is 25.6 Å². The first-order chi connectivity index (χ1) is 24.0. The average molecular weight is 733 g/mol. The molecule has 0 saturated carbocycles. The van der Waals surface area contributed by atoms with Gasteiger partial charge in [0, 0.05) is 12.8 Å². The number of nitrogens with zero attached hydrogens (tertiary/aromatic N) is 1. The Bertz CT molecular complexity index is 876. The first kappa shape index (κ1) is 48.8. The molecular formula is C40H79NO8P+. The molecule has 1 N–H and O–H groups in total. The van der Waals surface area contributed by atoms with Gasteiger partial charge in [0.25, 0.3) is 0 Å². The molecule has 0 aromatic carbocycles. The Morgan fingerprint density at radius 3 is 1.48 bits per heavy atom. The summed E-state index contributed by atoms with van der Waals surface area (Å²) in [4.78, 5) is 35.2. The van der Waals surface area contributed by atoms with E-state index in [0.29, 0.717) is 23.9 Å². The van der Waals surface area contributed by atoms with Crippen LogP contribution in [0.4, 0.5) is 0 Å². The highest BCUT2D eigenvalue weighted by molar-refractivity contribution is 7.47. The fourth-order valence-electron chi connectivity index (χ4n) is 5.54. The summed E-state index contributed by atoms with van der Waals surface area (Å²) in [6, 6.07) is 0. The van der Waals surface area contributed by atoms with Gasteiger partial charge in [0.15, 0.2) is 6.10 Å². The van der Waals surface area contributed by atoms with E-state index in [1.807, 2.05) is 21.1 Å². The number of ether oxygens (including phenoxy) is 2. The van der Waals surface area contributed by atoms with E-state index in [9.17, 15) is 19.0 Å². The van der Waals surface area contributed by atoms with Crippen LogP contribution in [0.2, 0.25) is 0 Å². The Morgan fingerprint density at radius 1 is 0.600 bits per heavy atom. The van der Waals surface area contributed by atoms with Gasteiger partial charge in [0.1, 0.15) is 19.8 Å². The SMILES string of the molecule is CCCCCCCCC=CCCCCCCCC(=O)O[C@H](COC(=O)CCCCCCCCCCCCC)COP(=O)(O)OCC[N+](C)(C)C. The second kappa shape index (κ2) is 33.6. The number of rotatable bonds is 37. The smallest absolute Gasteiger partial charge is 0.462 e. The van der Waals surface area contributed by atoms with Crippen LogP contribution in [0, 0.1) is 0 Å². The maximum Gasteiger partial charge on any atom is 0.472 e. The molecule has 0 amide bonds. The predicted molar refractivity (Wildman–Crippen MR) is 206 cm³/mol. The fraction of sp³-hybridized carbons (Fsp3) is 0.900. The zero-order valence-corrected chi connectivity index (χ0v) is 34.0. The van der Waals surface area contributed by atoms with E-state index >= 15 is 0 Å². The van der Waals surface area contributed by atoms with E-state index in [1.165, 1.54) is 96.3 Å². The van der Waals surface area contributed by atoms with Crippen LogP contribution in [0.1, 0.15) is 181 Å². The van der Waals surface area contributed by atoms with Gasteiger partial charge < -0.3 is 18.9 Å². The number of unbranched alkanes of at least 4 members (excludes halogenated alkanes) is 21. The quantitative estimate of drug-likeness (QED) is 0.0221. The Hall–Kier alpha value is -1.25. The summed E-state index contributed by atoms with van der Waals surface area (Å²) in [5.74, 6) is -0.804. The number of phosphoric ester groups is 1. The van der Waals surface area contributed by atoms with Gasteiger partial charge in [-0.05, 0) is 38.5 Å². The highest BCUT2D eigenvalue weighted by Gasteiger charge is 2.27. The number of carbonyl (C=O) groups is 2. The van der Waals surface area contributed by atoms with Gasteiger partial charge in [-0.2, -0.15) is 0 Å². The van der Waals surface area contributed by atoms with E-state index in [2.05, 4.69) is 26.0 Å². The van der Waals surface area contributed by atoms with Crippen LogP contribution in [0.3, 0.4) is 0 Å². The highest BCUT2D eigenvalue weighted by Crippen LogP contribution is 2.43. The maximum atomic E-state index is 12.6. The van der Waals surface area contributed by atoms with Crippen molar-refractivity contribution < 1.29 is 42.1 Å². The molecule has 10 heteroatoms. The maximum absolute atomic E-state index is 12.6. The van der Waals surface area contributed by atoms with E-state index in [0.717, 1.165) is 51.4 Å². The molecule has 0 bridgehead atoms. The highest BCUT2D eigenvalue weighted by atomic mass is 31.2. The third kappa shape index (κ3) is 36.5. The van der Waals surface area contributed by atoms with Gasteiger partial charge in [-0.1, -0.05) is 142 Å². The van der Waals surface area contributed by atoms with Gasteiger partial charge in [-0.15, -0.1) is 0 Å². The molecule has 0 heterocycles. The van der Waals surface area contributed by atoms with Crippen LogP contribution < -0.4 is 0 Å². The minimum absolute atomic E-state index is 0.0329. The van der Waals surface area contributed by atoms with Gasteiger partial charge in [0.2, 0.25) is 0 Å². The number of allylic oxidation sites excluding steroid dienone is 2. The Labute approximate surface area is 307 Å². The number of likely N-dealkylation sites (N-methyl/N-ethyl adjacent to an activating group) is 1. The van der Waals surface area contributed by atoms with Crippen LogP contribution in [-0.4, -0.2) is 74.9 Å². The normalized spacial score (nSPS) is 13.8. The number of quaternary nitrogens is 1. The second-order valence-corrected chi connectivity index (χ2v) is 16.5. The molecule has 0 aliphatic rings. The third-order valence-electron chi connectivity index (χ3n) is 8.80. The minimum Gasteiger partial charge on any atom is -0.462 e. The van der Waals surface area contributed by atoms with Crippen molar-refractivity contribution in [3.63, 3.8) is 0 Å². The molecule has 0 aliphatic carbocycles. The molecule has 0 radical (unpaired) electrons. The first-order valence-corrected chi connectivity index (χ1v) is 21.9. The summed E-state index contributed by atoms with van der Waals surface area (Å²) in [5, 5.41) is 0. The van der Waals surface area contributed by atoms with Crippen LogP contribution in [0.25, 0.3) is 0 Å². The summed E-state index contributed by atoms with van der Waals surface area (Å²) in [6.07, 6.45) is 32.5. The lowest BCUT2D eigenvalue weighted by Crippen LogP contribution is -2.37. The number of hydrogen-bond acceptors (Lipinski definition) is 7. The second-order valence-electron chi connectivity index (χ2n) is 15.0. The lowest BCUT2D eigenvalue weighted by atomic mass is 10.1. The Kier molecular flexibility index (Phi) is 32.7. The van der Waals surface area contributed by atoms with Crippen LogP contribution in [0.5, 0.6) is 0 Å². The monoisotopic (exact) mass is 733 g/mol. The molecule has 2 atom stereocenters. The van der Waals surface area contributed by atoms with Crippen LogP contribution in [0.15, 0.2) is 12.2 Å². The van der Waals surface area contributed by atoms with Gasteiger partial charge in [0.05, 0.1) is 27.7 Å². The van der Waals surface area contributed by atoms with Crippen molar-refractivity contribution in [2.75, 3.05) is 47.5 Å². The molecule has 0 saturated heterocycles. The minimum atomic E-state index is -4.36. The largest absolute Gasteiger partial charge is 0.472 e. The van der Waals surface area contributed by atoms with Crippen LogP contribution >= 0.6 is 7.82 Å². The summed E-state index contributed by atoms with van der Waals surface area (Å²) < 4.78 is 34.2. The first-order valence-electron chi connectivity index (χ1n) is 20.4. The van der Waals surface area contributed by atoms with Crippen molar-refractivity contribution in [3.8, 4) is 0 Å². The zero-order valence-electron chi connectivity index (χ0n) is 33.1. The third-order valence-corrected chi connectivity index (χ3v) is 9.78. The van der Waals surface area contributed by atoms with Crippen molar-refractivity contribution in [2.24, 2.45) is 0 Å². The zero-order chi connectivity index (χ0) is 37.2. The Balaban J connectivity index is 4.40. The molecule has 1 unspecified atom stereocenters. The fourth-order valence-corrected chi connectivity index (χ4v) is 6.28. The Morgan fingerprint density at radius 2 is 1.02 bits per heavy atom.